The number of hydrogen-bond donors (Lipinski definition) is 0. The Kier molecular flexibility index (Phi) is 5.16. The van der Waals surface area contributed by atoms with Crippen molar-refractivity contribution >= 4 is 18.5 Å². The average Bonchev–Trinajstić information content (AvgIpc) is 3.51. The first-order valence-corrected chi connectivity index (χ1v) is 11.5. The summed E-state index contributed by atoms with van der Waals surface area (Å²) in [6, 6.07) is 29.4. The number of rotatable bonds is 5. The van der Waals surface area contributed by atoms with Crippen LogP contribution in [0.3, 0.4) is 0 Å². The molecule has 0 N–H and O–H groups in total. The van der Waals surface area contributed by atoms with Crippen molar-refractivity contribution in [1.29, 1.82) is 0 Å². The van der Waals surface area contributed by atoms with E-state index in [1.54, 1.807) is 0 Å². The molecule has 3 aromatic rings. The molecule has 3 aromatic carbocycles. The normalized spacial score (nSPS) is 24.5. The summed E-state index contributed by atoms with van der Waals surface area (Å²) in [5.41, 5.74) is 2.79. The summed E-state index contributed by atoms with van der Waals surface area (Å²) in [6.45, 7) is -2.40. The van der Waals surface area contributed by atoms with Gasteiger partial charge in [-0.05, 0) is 11.1 Å². The molecule has 0 aromatic heterocycles. The molecule has 0 saturated carbocycles. The highest BCUT2D eigenvalue weighted by atomic mass is 16.7. The Labute approximate surface area is 197 Å². The largest absolute Gasteiger partial charge is 0.613 e. The lowest BCUT2D eigenvalue weighted by molar-refractivity contribution is -0.140. The van der Waals surface area contributed by atoms with Crippen LogP contribution < -0.4 is 0 Å². The van der Waals surface area contributed by atoms with Crippen LogP contribution in [0.25, 0.3) is 0 Å². The summed E-state index contributed by atoms with van der Waals surface area (Å²) < 4.78 is 24.9. The van der Waals surface area contributed by atoms with Gasteiger partial charge in [0.1, 0.15) is 31.3 Å². The summed E-state index contributed by atoms with van der Waals surface area (Å²) in [6.07, 6.45) is -1.42. The first kappa shape index (κ1) is 21.0. The minimum absolute atomic E-state index is 0.0754. The van der Waals surface area contributed by atoms with Gasteiger partial charge in [-0.1, -0.05) is 96.6 Å². The van der Waals surface area contributed by atoms with Crippen LogP contribution in [-0.2, 0) is 28.4 Å². The molecule has 3 atom stereocenters. The summed E-state index contributed by atoms with van der Waals surface area (Å²) in [7, 11) is 0. The maximum atomic E-state index is 12.4. The predicted octanol–water partition coefficient (Wildman–Crippen LogP) is 4.61. The molecule has 6 nitrogen and oxygen atoms in total. The second-order valence-electron chi connectivity index (χ2n) is 9.00. The molecule has 3 aliphatic rings. The quantitative estimate of drug-likeness (QED) is 0.414. The Morgan fingerprint density at radius 3 is 1.59 bits per heavy atom. The Morgan fingerprint density at radius 1 is 0.676 bits per heavy atom. The highest BCUT2D eigenvalue weighted by Crippen LogP contribution is 2.54. The number of benzene rings is 3. The molecule has 3 aliphatic heterocycles. The molecule has 6 rings (SSSR count). The van der Waals surface area contributed by atoms with Crippen molar-refractivity contribution in [2.24, 2.45) is 0 Å². The monoisotopic (exact) mass is 454 g/mol. The molecular formula is C27H23BO6. The third kappa shape index (κ3) is 3.48. The molecule has 0 spiro atoms. The number of carbonyl (C=O) groups excluding carboxylic acids is 2. The number of hydrogen-bond acceptors (Lipinski definition) is 6. The van der Waals surface area contributed by atoms with Crippen molar-refractivity contribution in [3.05, 3.63) is 114 Å². The van der Waals surface area contributed by atoms with Gasteiger partial charge >= 0.3 is 18.5 Å². The van der Waals surface area contributed by atoms with Gasteiger partial charge in [-0.2, -0.15) is 0 Å². The first-order chi connectivity index (χ1) is 16.6. The van der Waals surface area contributed by atoms with Gasteiger partial charge in [-0.15, -0.1) is 0 Å². The second kappa shape index (κ2) is 8.35. The Hall–Kier alpha value is -3.55. The fraction of sp³-hybridized carbons (Fsp3) is 0.222. The van der Waals surface area contributed by atoms with Gasteiger partial charge in [0.25, 0.3) is 0 Å². The molecular weight excluding hydrogens is 431 g/mol. The SMILES string of the molecule is O=C1C[C+]2CC(=O)O[B-]2([C@H](c2ccccc2)C2O[C@@H](c3ccccc3)[C@H](c3ccccc3)O2)O1. The standard InChI is InChI=1S/C27H23BO6/c29-22-16-21-17-23(30)34-28(21,33-22)24(18-10-4-1-5-11-18)27-31-25(19-12-6-2-7-13-19)26(32-27)20-14-8-3-9-15-20/h1-15,24-27H,16-17H2/t24-,25+,26+/m1/s1. The van der Waals surface area contributed by atoms with E-state index in [1.165, 1.54) is 0 Å². The van der Waals surface area contributed by atoms with E-state index in [0.717, 1.165) is 16.7 Å². The van der Waals surface area contributed by atoms with Crippen molar-refractivity contribution in [1.82, 2.24) is 0 Å². The van der Waals surface area contributed by atoms with Crippen LogP contribution in [0.15, 0.2) is 91.0 Å². The molecule has 170 valence electrons. The maximum Gasteiger partial charge on any atom is 0.571 e. The lowest BCUT2D eigenvalue weighted by atomic mass is 9.39. The van der Waals surface area contributed by atoms with Crippen molar-refractivity contribution in [3.63, 3.8) is 0 Å². The smallest absolute Gasteiger partial charge is 0.571 e. The van der Waals surface area contributed by atoms with Crippen LogP contribution in [0, 0.1) is 5.82 Å². The summed E-state index contributed by atoms with van der Waals surface area (Å²) >= 11 is 0. The van der Waals surface area contributed by atoms with E-state index >= 15 is 0 Å². The highest BCUT2D eigenvalue weighted by Gasteiger charge is 2.71. The van der Waals surface area contributed by atoms with E-state index < -0.39 is 18.7 Å². The fourth-order valence-electron chi connectivity index (χ4n) is 5.50. The van der Waals surface area contributed by atoms with E-state index in [-0.39, 0.29) is 37.0 Å². The average molecular weight is 454 g/mol. The Morgan fingerprint density at radius 2 is 1.12 bits per heavy atom. The minimum Gasteiger partial charge on any atom is -0.613 e. The van der Waals surface area contributed by atoms with Gasteiger partial charge in [-0.25, -0.2) is 0 Å². The van der Waals surface area contributed by atoms with Gasteiger partial charge in [0, 0.05) is 11.6 Å². The van der Waals surface area contributed by atoms with Crippen LogP contribution in [0.1, 0.15) is 47.6 Å². The van der Waals surface area contributed by atoms with Gasteiger partial charge in [-0.3, -0.25) is 9.59 Å². The van der Waals surface area contributed by atoms with Crippen LogP contribution in [0.4, 0.5) is 0 Å². The number of ether oxygens (including phenoxy) is 2. The molecule has 0 aliphatic carbocycles. The zero-order valence-electron chi connectivity index (χ0n) is 18.4. The van der Waals surface area contributed by atoms with Gasteiger partial charge < -0.3 is 18.8 Å². The molecule has 7 heteroatoms. The van der Waals surface area contributed by atoms with Crippen LogP contribution in [-0.4, -0.2) is 24.8 Å². The van der Waals surface area contributed by atoms with E-state index in [9.17, 15) is 9.59 Å². The Balaban J connectivity index is 1.45. The molecule has 0 unspecified atom stereocenters. The summed E-state index contributed by atoms with van der Waals surface area (Å²) in [5, 5.41) is 0. The Bertz CT molecular complexity index is 1120. The van der Waals surface area contributed by atoms with Crippen LogP contribution in [0.2, 0.25) is 0 Å². The van der Waals surface area contributed by atoms with Crippen molar-refractivity contribution in [2.75, 3.05) is 0 Å². The summed E-state index contributed by atoms with van der Waals surface area (Å²) in [4.78, 5) is 24.8. The molecule has 0 amide bonds. The highest BCUT2D eigenvalue weighted by molar-refractivity contribution is 6.81. The van der Waals surface area contributed by atoms with E-state index in [2.05, 4.69) is 0 Å². The molecule has 3 saturated heterocycles. The topological polar surface area (TPSA) is 71.1 Å². The van der Waals surface area contributed by atoms with E-state index in [4.69, 9.17) is 18.8 Å². The molecule has 3 heterocycles. The number of fused-ring (bicyclic) bond motifs is 1. The zero-order valence-corrected chi connectivity index (χ0v) is 18.4. The third-order valence-corrected chi connectivity index (χ3v) is 6.97. The van der Waals surface area contributed by atoms with E-state index in [1.807, 2.05) is 91.0 Å². The summed E-state index contributed by atoms with van der Waals surface area (Å²) in [5.74, 6) is -0.717. The number of carbonyl (C=O) groups is 2. The van der Waals surface area contributed by atoms with Crippen LogP contribution >= 0.6 is 0 Å². The third-order valence-electron chi connectivity index (χ3n) is 6.97. The van der Waals surface area contributed by atoms with Crippen molar-refractivity contribution in [3.8, 4) is 0 Å². The van der Waals surface area contributed by atoms with Crippen LogP contribution in [0.5, 0.6) is 0 Å². The van der Waals surface area contributed by atoms with E-state index in [0.29, 0.717) is 5.82 Å². The molecule has 3 fully saturated rings. The molecule has 0 bridgehead atoms. The van der Waals surface area contributed by atoms with Gasteiger partial charge in [0.2, 0.25) is 0 Å². The van der Waals surface area contributed by atoms with Gasteiger partial charge in [0.05, 0.1) is 0 Å². The molecule has 0 radical (unpaired) electrons. The van der Waals surface area contributed by atoms with Crippen molar-refractivity contribution < 1.29 is 28.4 Å². The maximum absolute atomic E-state index is 12.4. The van der Waals surface area contributed by atoms with Crippen molar-refractivity contribution in [2.45, 2.75) is 37.2 Å². The lowest BCUT2D eigenvalue weighted by Gasteiger charge is -2.36. The minimum atomic E-state index is -2.40. The fourth-order valence-corrected chi connectivity index (χ4v) is 5.50. The van der Waals surface area contributed by atoms with Gasteiger partial charge in [0.15, 0.2) is 0 Å². The predicted molar refractivity (Wildman–Crippen MR) is 124 cm³/mol. The second-order valence-corrected chi connectivity index (χ2v) is 9.00. The first-order valence-electron chi connectivity index (χ1n) is 11.5. The molecule has 34 heavy (non-hydrogen) atoms. The zero-order chi connectivity index (χ0) is 23.1. The lowest BCUT2D eigenvalue weighted by Crippen LogP contribution is -2.52.